The van der Waals surface area contributed by atoms with Gasteiger partial charge in [-0.1, -0.05) is 15.9 Å². The van der Waals surface area contributed by atoms with Gasteiger partial charge in [0.1, 0.15) is 0 Å². The number of aryl methyl sites for hydroxylation is 3. The lowest BCUT2D eigenvalue weighted by Gasteiger charge is -2.10. The van der Waals surface area contributed by atoms with E-state index < -0.39 is 0 Å². The Morgan fingerprint density at radius 1 is 1.28 bits per heavy atom. The van der Waals surface area contributed by atoms with Crippen LogP contribution in [0.4, 0.5) is 5.69 Å². The van der Waals surface area contributed by atoms with Crippen LogP contribution in [-0.4, -0.2) is 9.78 Å². The lowest BCUT2D eigenvalue weighted by atomic mass is 10.2. The summed E-state index contributed by atoms with van der Waals surface area (Å²) in [6.07, 6.45) is 0. The first-order valence-electron chi connectivity index (χ1n) is 6.13. The van der Waals surface area contributed by atoms with Gasteiger partial charge in [-0.2, -0.15) is 5.10 Å². The van der Waals surface area contributed by atoms with Crippen molar-refractivity contribution in [3.8, 4) is 0 Å². The van der Waals surface area contributed by atoms with E-state index in [-0.39, 0.29) is 0 Å². The molecule has 0 aliphatic heterocycles. The number of anilines is 1. The molecule has 0 aliphatic rings. The minimum atomic E-state index is 0.803. The van der Waals surface area contributed by atoms with Crippen LogP contribution in [0.2, 0.25) is 0 Å². The van der Waals surface area contributed by atoms with E-state index in [9.17, 15) is 0 Å². The molecule has 0 aliphatic carbocycles. The maximum absolute atomic E-state index is 4.45. The van der Waals surface area contributed by atoms with E-state index in [2.05, 4.69) is 64.5 Å². The minimum absolute atomic E-state index is 0.803. The molecule has 2 rings (SSSR count). The van der Waals surface area contributed by atoms with Gasteiger partial charge in [0.15, 0.2) is 0 Å². The SMILES string of the molecule is CCn1nc(C)cc1CNc1ccc(Br)cc1C. The van der Waals surface area contributed by atoms with Crippen molar-refractivity contribution in [2.24, 2.45) is 0 Å². The first-order chi connectivity index (χ1) is 8.60. The summed E-state index contributed by atoms with van der Waals surface area (Å²) in [7, 11) is 0. The van der Waals surface area contributed by atoms with Gasteiger partial charge in [-0.3, -0.25) is 4.68 Å². The van der Waals surface area contributed by atoms with Crippen molar-refractivity contribution in [3.05, 3.63) is 45.7 Å². The molecule has 1 heterocycles. The molecule has 1 aromatic carbocycles. The summed E-state index contributed by atoms with van der Waals surface area (Å²) in [4.78, 5) is 0. The molecule has 0 spiro atoms. The predicted octanol–water partition coefficient (Wildman–Crippen LogP) is 3.89. The lowest BCUT2D eigenvalue weighted by Crippen LogP contribution is -2.08. The van der Waals surface area contributed by atoms with Crippen LogP contribution in [0.15, 0.2) is 28.7 Å². The largest absolute Gasteiger partial charge is 0.379 e. The average molecular weight is 308 g/mol. The number of benzene rings is 1. The Morgan fingerprint density at radius 2 is 2.06 bits per heavy atom. The van der Waals surface area contributed by atoms with E-state index in [4.69, 9.17) is 0 Å². The molecular formula is C14H18BrN3. The van der Waals surface area contributed by atoms with Gasteiger partial charge in [0.2, 0.25) is 0 Å². The van der Waals surface area contributed by atoms with Gasteiger partial charge in [0.05, 0.1) is 17.9 Å². The quantitative estimate of drug-likeness (QED) is 0.928. The normalized spacial score (nSPS) is 10.7. The molecule has 1 aromatic heterocycles. The Hall–Kier alpha value is -1.29. The Kier molecular flexibility index (Phi) is 4.07. The van der Waals surface area contributed by atoms with Crippen LogP contribution in [0, 0.1) is 13.8 Å². The van der Waals surface area contributed by atoms with Crippen LogP contribution < -0.4 is 5.32 Å². The number of nitrogens with zero attached hydrogens (tertiary/aromatic N) is 2. The summed E-state index contributed by atoms with van der Waals surface area (Å²) < 4.78 is 3.15. The molecule has 0 radical (unpaired) electrons. The monoisotopic (exact) mass is 307 g/mol. The van der Waals surface area contributed by atoms with Crippen LogP contribution in [0.25, 0.3) is 0 Å². The van der Waals surface area contributed by atoms with Gasteiger partial charge < -0.3 is 5.32 Å². The summed E-state index contributed by atoms with van der Waals surface area (Å²) >= 11 is 3.48. The van der Waals surface area contributed by atoms with E-state index in [0.717, 1.165) is 23.3 Å². The summed E-state index contributed by atoms with van der Waals surface area (Å²) in [5.74, 6) is 0. The molecule has 2 aromatic rings. The zero-order chi connectivity index (χ0) is 13.1. The Balaban J connectivity index is 2.11. The fourth-order valence-electron chi connectivity index (χ4n) is 2.03. The molecule has 96 valence electrons. The summed E-state index contributed by atoms with van der Waals surface area (Å²) in [6.45, 7) is 7.96. The van der Waals surface area contributed by atoms with Gasteiger partial charge in [-0.05, 0) is 50.6 Å². The van der Waals surface area contributed by atoms with E-state index in [0.29, 0.717) is 0 Å². The molecule has 1 N–H and O–H groups in total. The van der Waals surface area contributed by atoms with Crippen LogP contribution in [-0.2, 0) is 13.1 Å². The Labute approximate surface area is 116 Å². The molecule has 0 bridgehead atoms. The fraction of sp³-hybridized carbons (Fsp3) is 0.357. The zero-order valence-electron chi connectivity index (χ0n) is 11.0. The smallest absolute Gasteiger partial charge is 0.0597 e. The molecule has 4 heteroatoms. The van der Waals surface area contributed by atoms with Crippen molar-refractivity contribution >= 4 is 21.6 Å². The van der Waals surface area contributed by atoms with Crippen LogP contribution in [0.5, 0.6) is 0 Å². The lowest BCUT2D eigenvalue weighted by molar-refractivity contribution is 0.623. The van der Waals surface area contributed by atoms with Gasteiger partial charge in [-0.25, -0.2) is 0 Å². The van der Waals surface area contributed by atoms with Crippen molar-refractivity contribution in [1.82, 2.24) is 9.78 Å². The Morgan fingerprint density at radius 3 is 2.72 bits per heavy atom. The van der Waals surface area contributed by atoms with Crippen molar-refractivity contribution < 1.29 is 0 Å². The molecule has 0 atom stereocenters. The third-order valence-corrected chi connectivity index (χ3v) is 3.43. The molecule has 0 saturated heterocycles. The van der Waals surface area contributed by atoms with E-state index >= 15 is 0 Å². The molecule has 0 unspecified atom stereocenters. The number of rotatable bonds is 4. The average Bonchev–Trinajstić information content (AvgIpc) is 2.68. The van der Waals surface area contributed by atoms with Gasteiger partial charge in [0.25, 0.3) is 0 Å². The number of hydrogen-bond acceptors (Lipinski definition) is 2. The highest BCUT2D eigenvalue weighted by atomic mass is 79.9. The van der Waals surface area contributed by atoms with E-state index in [1.165, 1.54) is 16.9 Å². The second-order valence-electron chi connectivity index (χ2n) is 4.41. The molecule has 0 amide bonds. The number of hydrogen-bond donors (Lipinski definition) is 1. The van der Waals surface area contributed by atoms with Crippen LogP contribution in [0.1, 0.15) is 23.9 Å². The highest BCUT2D eigenvalue weighted by molar-refractivity contribution is 9.10. The number of nitrogens with one attached hydrogen (secondary N) is 1. The molecule has 3 nitrogen and oxygen atoms in total. The molecular weight excluding hydrogens is 290 g/mol. The topological polar surface area (TPSA) is 29.9 Å². The highest BCUT2D eigenvalue weighted by Gasteiger charge is 2.04. The second kappa shape index (κ2) is 5.57. The summed E-state index contributed by atoms with van der Waals surface area (Å²) in [5.41, 5.74) is 4.70. The van der Waals surface area contributed by atoms with Crippen LogP contribution in [0.3, 0.4) is 0 Å². The van der Waals surface area contributed by atoms with Gasteiger partial charge in [-0.15, -0.1) is 0 Å². The maximum atomic E-state index is 4.45. The summed E-state index contributed by atoms with van der Waals surface area (Å²) in [5, 5.41) is 7.91. The van der Waals surface area contributed by atoms with Gasteiger partial charge in [0, 0.05) is 16.7 Å². The van der Waals surface area contributed by atoms with Crippen LogP contribution >= 0.6 is 15.9 Å². The second-order valence-corrected chi connectivity index (χ2v) is 5.32. The minimum Gasteiger partial charge on any atom is -0.379 e. The summed E-state index contributed by atoms with van der Waals surface area (Å²) in [6, 6.07) is 8.39. The first-order valence-corrected chi connectivity index (χ1v) is 6.93. The van der Waals surface area contributed by atoms with Crippen molar-refractivity contribution in [3.63, 3.8) is 0 Å². The highest BCUT2D eigenvalue weighted by Crippen LogP contribution is 2.20. The van der Waals surface area contributed by atoms with Gasteiger partial charge >= 0.3 is 0 Å². The van der Waals surface area contributed by atoms with Crippen molar-refractivity contribution in [1.29, 1.82) is 0 Å². The standard InChI is InChI=1S/C14H18BrN3/c1-4-18-13(8-11(3)17-18)9-16-14-6-5-12(15)7-10(14)2/h5-8,16H,4,9H2,1-3H3. The number of halogens is 1. The third-order valence-electron chi connectivity index (χ3n) is 2.93. The maximum Gasteiger partial charge on any atom is 0.0597 e. The van der Waals surface area contributed by atoms with E-state index in [1.54, 1.807) is 0 Å². The molecule has 18 heavy (non-hydrogen) atoms. The van der Waals surface area contributed by atoms with Crippen molar-refractivity contribution in [2.75, 3.05) is 5.32 Å². The molecule has 0 saturated carbocycles. The zero-order valence-corrected chi connectivity index (χ0v) is 12.6. The molecule has 0 fully saturated rings. The third kappa shape index (κ3) is 2.93. The predicted molar refractivity (Wildman–Crippen MR) is 78.8 cm³/mol. The fourth-order valence-corrected chi connectivity index (χ4v) is 2.50. The van der Waals surface area contributed by atoms with E-state index in [1.807, 2.05) is 11.6 Å². The first kappa shape index (κ1) is 13.1. The number of aromatic nitrogens is 2. The van der Waals surface area contributed by atoms with Crippen molar-refractivity contribution in [2.45, 2.75) is 33.9 Å². The Bertz CT molecular complexity index is 546.